The molecule has 0 aromatic carbocycles. The SMILES string of the molecule is CCCCCCCCC=CCCCCCCCC(=O)OCCC(C)CCCC(C)CCCC(C)CCCC(C)C. The topological polar surface area (TPSA) is 26.3 Å². The number of carbonyl (C=O) groups excluding carboxylic acids is 1. The van der Waals surface area contributed by atoms with Gasteiger partial charge < -0.3 is 4.74 Å². The van der Waals surface area contributed by atoms with Crippen molar-refractivity contribution in [2.24, 2.45) is 23.7 Å². The molecule has 40 heavy (non-hydrogen) atoms. The molecule has 0 saturated carbocycles. The quantitative estimate of drug-likeness (QED) is 0.0494. The fourth-order valence-electron chi connectivity index (χ4n) is 5.72. The zero-order chi connectivity index (χ0) is 29.7. The summed E-state index contributed by atoms with van der Waals surface area (Å²) in [6.07, 6.45) is 35.4. The lowest BCUT2D eigenvalue weighted by molar-refractivity contribution is -0.144. The molecule has 3 unspecified atom stereocenters. The van der Waals surface area contributed by atoms with E-state index in [1.807, 2.05) is 0 Å². The van der Waals surface area contributed by atoms with Gasteiger partial charge in [-0.1, -0.05) is 163 Å². The molecule has 238 valence electrons. The summed E-state index contributed by atoms with van der Waals surface area (Å²) in [7, 11) is 0. The first-order chi connectivity index (χ1) is 19.3. The Hall–Kier alpha value is -0.790. The summed E-state index contributed by atoms with van der Waals surface area (Å²) < 4.78 is 5.53. The van der Waals surface area contributed by atoms with Crippen LogP contribution in [0.25, 0.3) is 0 Å². The maximum absolute atomic E-state index is 12.1. The van der Waals surface area contributed by atoms with Crippen LogP contribution in [0.1, 0.15) is 196 Å². The summed E-state index contributed by atoms with van der Waals surface area (Å²) in [5, 5.41) is 0. The maximum Gasteiger partial charge on any atom is 0.305 e. The first kappa shape index (κ1) is 39.2. The second-order valence-electron chi connectivity index (χ2n) is 13.8. The summed E-state index contributed by atoms with van der Waals surface area (Å²) in [6.45, 7) is 14.8. The molecule has 0 fully saturated rings. The van der Waals surface area contributed by atoms with E-state index in [0.717, 1.165) is 37.0 Å². The molecule has 0 radical (unpaired) electrons. The van der Waals surface area contributed by atoms with Crippen LogP contribution in [0.5, 0.6) is 0 Å². The fourth-order valence-corrected chi connectivity index (χ4v) is 5.72. The Balaban J connectivity index is 3.49. The maximum atomic E-state index is 12.1. The Labute approximate surface area is 253 Å². The van der Waals surface area contributed by atoms with E-state index in [-0.39, 0.29) is 5.97 Å². The highest BCUT2D eigenvalue weighted by Gasteiger charge is 2.09. The lowest BCUT2D eigenvalue weighted by Crippen LogP contribution is -2.09. The Kier molecular flexibility index (Phi) is 29.1. The number of allylic oxidation sites excluding steroid dienone is 2. The van der Waals surface area contributed by atoms with Crippen LogP contribution in [0.15, 0.2) is 12.2 Å². The van der Waals surface area contributed by atoms with Crippen LogP contribution in [0, 0.1) is 23.7 Å². The molecule has 0 heterocycles. The van der Waals surface area contributed by atoms with Gasteiger partial charge in [-0.05, 0) is 62.2 Å². The van der Waals surface area contributed by atoms with Crippen LogP contribution in [0.4, 0.5) is 0 Å². The number of carbonyl (C=O) groups is 1. The lowest BCUT2D eigenvalue weighted by atomic mass is 9.91. The van der Waals surface area contributed by atoms with Gasteiger partial charge in [-0.25, -0.2) is 0 Å². The standard InChI is InChI=1S/C38H74O2/c1-7-8-9-10-11-12-13-14-15-16-17-18-19-20-21-31-38(39)40-33-32-37(6)30-24-29-36(5)28-23-27-35(4)26-22-25-34(2)3/h14-15,34-37H,7-13,16-33H2,1-6H3. The van der Waals surface area contributed by atoms with Crippen molar-refractivity contribution in [2.45, 2.75) is 196 Å². The van der Waals surface area contributed by atoms with E-state index in [9.17, 15) is 4.79 Å². The van der Waals surface area contributed by atoms with E-state index in [1.54, 1.807) is 0 Å². The number of hydrogen-bond donors (Lipinski definition) is 0. The Morgan fingerprint density at radius 1 is 0.525 bits per heavy atom. The molecule has 0 amide bonds. The van der Waals surface area contributed by atoms with Gasteiger partial charge in [0.25, 0.3) is 0 Å². The highest BCUT2D eigenvalue weighted by Crippen LogP contribution is 2.22. The third kappa shape index (κ3) is 30.2. The lowest BCUT2D eigenvalue weighted by Gasteiger charge is -2.16. The third-order valence-electron chi connectivity index (χ3n) is 8.78. The van der Waals surface area contributed by atoms with Crippen molar-refractivity contribution in [3.05, 3.63) is 12.2 Å². The minimum atomic E-state index is 0.0110. The molecule has 0 aromatic rings. The van der Waals surface area contributed by atoms with E-state index in [4.69, 9.17) is 4.74 Å². The molecule has 3 atom stereocenters. The molecule has 0 aliphatic heterocycles. The summed E-state index contributed by atoms with van der Waals surface area (Å²) in [5.41, 5.74) is 0. The van der Waals surface area contributed by atoms with E-state index in [2.05, 4.69) is 53.7 Å². The third-order valence-corrected chi connectivity index (χ3v) is 8.78. The monoisotopic (exact) mass is 563 g/mol. The van der Waals surface area contributed by atoms with Crippen molar-refractivity contribution in [1.29, 1.82) is 0 Å². The summed E-state index contributed by atoms with van der Waals surface area (Å²) in [5.74, 6) is 3.26. The number of rotatable bonds is 30. The zero-order valence-electron chi connectivity index (χ0n) is 28.5. The zero-order valence-corrected chi connectivity index (χ0v) is 28.5. The molecule has 0 saturated heterocycles. The van der Waals surface area contributed by atoms with E-state index >= 15 is 0 Å². The molecule has 2 nitrogen and oxygen atoms in total. The first-order valence-corrected chi connectivity index (χ1v) is 18.2. The smallest absolute Gasteiger partial charge is 0.305 e. The van der Waals surface area contributed by atoms with Gasteiger partial charge in [-0.3, -0.25) is 4.79 Å². The highest BCUT2D eigenvalue weighted by atomic mass is 16.5. The van der Waals surface area contributed by atoms with Gasteiger partial charge in [-0.15, -0.1) is 0 Å². The van der Waals surface area contributed by atoms with Crippen LogP contribution in [-0.2, 0) is 9.53 Å². The van der Waals surface area contributed by atoms with E-state index in [1.165, 1.54) is 128 Å². The average molecular weight is 563 g/mol. The van der Waals surface area contributed by atoms with Gasteiger partial charge in [0.15, 0.2) is 0 Å². The molecule has 2 heteroatoms. The Morgan fingerprint density at radius 3 is 1.45 bits per heavy atom. The second kappa shape index (κ2) is 29.7. The van der Waals surface area contributed by atoms with Crippen LogP contribution >= 0.6 is 0 Å². The van der Waals surface area contributed by atoms with Crippen molar-refractivity contribution >= 4 is 5.97 Å². The fraction of sp³-hybridized carbons (Fsp3) is 0.921. The van der Waals surface area contributed by atoms with Crippen molar-refractivity contribution in [2.75, 3.05) is 6.61 Å². The number of unbranched alkanes of at least 4 members (excludes halogenated alkanes) is 11. The van der Waals surface area contributed by atoms with Gasteiger partial charge >= 0.3 is 5.97 Å². The number of esters is 1. The van der Waals surface area contributed by atoms with Gasteiger partial charge in [0.2, 0.25) is 0 Å². The second-order valence-corrected chi connectivity index (χ2v) is 13.8. The normalized spacial score (nSPS) is 14.2. The van der Waals surface area contributed by atoms with E-state index in [0.29, 0.717) is 18.9 Å². The number of ether oxygens (including phenoxy) is 1. The summed E-state index contributed by atoms with van der Waals surface area (Å²) in [4.78, 5) is 12.1. The molecular weight excluding hydrogens is 488 g/mol. The van der Waals surface area contributed by atoms with Crippen molar-refractivity contribution < 1.29 is 9.53 Å². The minimum Gasteiger partial charge on any atom is -0.466 e. The van der Waals surface area contributed by atoms with Crippen molar-refractivity contribution in [3.8, 4) is 0 Å². The van der Waals surface area contributed by atoms with Gasteiger partial charge in [0.05, 0.1) is 6.61 Å². The molecule has 0 rings (SSSR count). The van der Waals surface area contributed by atoms with Gasteiger partial charge in [-0.2, -0.15) is 0 Å². The van der Waals surface area contributed by atoms with Crippen molar-refractivity contribution in [1.82, 2.24) is 0 Å². The number of hydrogen-bond acceptors (Lipinski definition) is 2. The highest BCUT2D eigenvalue weighted by molar-refractivity contribution is 5.69. The molecule has 0 N–H and O–H groups in total. The summed E-state index contributed by atoms with van der Waals surface area (Å²) in [6, 6.07) is 0. The molecule has 0 aliphatic carbocycles. The van der Waals surface area contributed by atoms with Crippen LogP contribution in [0.2, 0.25) is 0 Å². The molecule has 0 bridgehead atoms. The Bertz CT molecular complexity index is 552. The van der Waals surface area contributed by atoms with Crippen LogP contribution in [0.3, 0.4) is 0 Å². The summed E-state index contributed by atoms with van der Waals surface area (Å²) >= 11 is 0. The predicted octanol–water partition coefficient (Wildman–Crippen LogP) is 13.0. The molecular formula is C38H74O2. The minimum absolute atomic E-state index is 0.0110. The first-order valence-electron chi connectivity index (χ1n) is 18.2. The van der Waals surface area contributed by atoms with Gasteiger partial charge in [0, 0.05) is 6.42 Å². The van der Waals surface area contributed by atoms with Crippen LogP contribution in [-0.4, -0.2) is 12.6 Å². The van der Waals surface area contributed by atoms with Crippen LogP contribution < -0.4 is 0 Å². The predicted molar refractivity (Wildman–Crippen MR) is 179 cm³/mol. The molecule has 0 spiro atoms. The van der Waals surface area contributed by atoms with Crippen molar-refractivity contribution in [3.63, 3.8) is 0 Å². The Morgan fingerprint density at radius 2 is 0.950 bits per heavy atom. The van der Waals surface area contributed by atoms with E-state index < -0.39 is 0 Å². The largest absolute Gasteiger partial charge is 0.466 e. The average Bonchev–Trinajstić information content (AvgIpc) is 2.90. The van der Waals surface area contributed by atoms with Gasteiger partial charge in [0.1, 0.15) is 0 Å². The molecule has 0 aromatic heterocycles. The molecule has 0 aliphatic rings.